The lowest BCUT2D eigenvalue weighted by atomic mass is 9.89. The SMILES string of the molecule is COc1ccc(C(=O)CC(CC(=O)OC/C=C/c2ccccc2)c2ccccc2)cc1. The van der Waals surface area contributed by atoms with E-state index in [4.69, 9.17) is 9.47 Å². The van der Waals surface area contributed by atoms with E-state index in [1.54, 1.807) is 31.4 Å². The van der Waals surface area contributed by atoms with Crippen molar-refractivity contribution in [3.05, 3.63) is 108 Å². The van der Waals surface area contributed by atoms with Gasteiger partial charge in [-0.1, -0.05) is 66.7 Å². The molecular formula is C27H26O4. The quantitative estimate of drug-likeness (QED) is 0.315. The molecule has 0 N–H and O–H groups in total. The number of Topliss-reactive ketones (excluding diaryl/α,β-unsaturated/α-hetero) is 1. The average molecular weight is 415 g/mol. The molecule has 0 amide bonds. The number of esters is 1. The summed E-state index contributed by atoms with van der Waals surface area (Å²) in [6.07, 6.45) is 4.10. The maximum absolute atomic E-state index is 12.8. The number of carbonyl (C=O) groups excluding carboxylic acids is 2. The van der Waals surface area contributed by atoms with Gasteiger partial charge in [0.15, 0.2) is 5.78 Å². The van der Waals surface area contributed by atoms with Crippen LogP contribution in [0, 0.1) is 0 Å². The van der Waals surface area contributed by atoms with Gasteiger partial charge in [0.05, 0.1) is 13.5 Å². The summed E-state index contributed by atoms with van der Waals surface area (Å²) in [6, 6.07) is 26.5. The summed E-state index contributed by atoms with van der Waals surface area (Å²) in [7, 11) is 1.59. The fourth-order valence-corrected chi connectivity index (χ4v) is 3.30. The largest absolute Gasteiger partial charge is 0.497 e. The van der Waals surface area contributed by atoms with E-state index in [0.29, 0.717) is 11.3 Å². The van der Waals surface area contributed by atoms with Crippen molar-refractivity contribution in [1.29, 1.82) is 0 Å². The van der Waals surface area contributed by atoms with Crippen LogP contribution in [0.4, 0.5) is 0 Å². The van der Waals surface area contributed by atoms with Crippen molar-refractivity contribution in [2.45, 2.75) is 18.8 Å². The van der Waals surface area contributed by atoms with Crippen molar-refractivity contribution >= 4 is 17.8 Å². The van der Waals surface area contributed by atoms with Crippen LogP contribution < -0.4 is 4.74 Å². The molecule has 3 rings (SSSR count). The van der Waals surface area contributed by atoms with Crippen molar-refractivity contribution in [1.82, 2.24) is 0 Å². The molecule has 158 valence electrons. The minimum absolute atomic E-state index is 0.0201. The standard InChI is InChI=1S/C27H26O4/c1-30-25-16-14-23(15-17-25)26(28)19-24(22-12-6-3-7-13-22)20-27(29)31-18-8-11-21-9-4-2-5-10-21/h2-17,24H,18-20H2,1H3/b11-8+. The van der Waals surface area contributed by atoms with E-state index in [2.05, 4.69) is 0 Å². The molecule has 0 aliphatic heterocycles. The number of carbonyl (C=O) groups is 2. The molecule has 0 saturated carbocycles. The lowest BCUT2D eigenvalue weighted by Crippen LogP contribution is -2.14. The van der Waals surface area contributed by atoms with Gasteiger partial charge >= 0.3 is 5.97 Å². The molecule has 0 heterocycles. The van der Waals surface area contributed by atoms with E-state index in [1.165, 1.54) is 0 Å². The summed E-state index contributed by atoms with van der Waals surface area (Å²) in [6.45, 7) is 0.196. The Morgan fingerprint density at radius 1 is 0.839 bits per heavy atom. The van der Waals surface area contributed by atoms with Crippen molar-refractivity contribution in [2.24, 2.45) is 0 Å². The molecule has 0 fully saturated rings. The third kappa shape index (κ3) is 6.96. The third-order valence-corrected chi connectivity index (χ3v) is 4.98. The summed E-state index contributed by atoms with van der Waals surface area (Å²) >= 11 is 0. The second-order valence-electron chi connectivity index (χ2n) is 7.16. The normalized spacial score (nSPS) is 11.8. The monoisotopic (exact) mass is 414 g/mol. The second kappa shape index (κ2) is 11.5. The first-order valence-corrected chi connectivity index (χ1v) is 10.2. The van der Waals surface area contributed by atoms with Crippen LogP contribution in [0.1, 0.15) is 40.2 Å². The molecule has 0 aromatic heterocycles. The Bertz CT molecular complexity index is 992. The zero-order chi connectivity index (χ0) is 21.9. The molecule has 0 aliphatic rings. The van der Waals surface area contributed by atoms with E-state index < -0.39 is 0 Å². The van der Waals surface area contributed by atoms with Crippen LogP contribution in [-0.2, 0) is 9.53 Å². The number of ether oxygens (including phenoxy) is 2. The fourth-order valence-electron chi connectivity index (χ4n) is 3.30. The second-order valence-corrected chi connectivity index (χ2v) is 7.16. The smallest absolute Gasteiger partial charge is 0.306 e. The van der Waals surface area contributed by atoms with Gasteiger partial charge in [-0.25, -0.2) is 0 Å². The first-order chi connectivity index (χ1) is 15.2. The highest BCUT2D eigenvalue weighted by atomic mass is 16.5. The molecule has 3 aromatic carbocycles. The van der Waals surface area contributed by atoms with E-state index >= 15 is 0 Å². The maximum Gasteiger partial charge on any atom is 0.306 e. The highest BCUT2D eigenvalue weighted by Gasteiger charge is 2.21. The first kappa shape index (κ1) is 22.0. The van der Waals surface area contributed by atoms with Crippen LogP contribution in [0.25, 0.3) is 6.08 Å². The number of benzene rings is 3. The Hall–Kier alpha value is -3.66. The molecule has 4 heteroatoms. The summed E-state index contributed by atoms with van der Waals surface area (Å²) < 4.78 is 10.5. The summed E-state index contributed by atoms with van der Waals surface area (Å²) in [5, 5.41) is 0. The molecule has 31 heavy (non-hydrogen) atoms. The van der Waals surface area contributed by atoms with Crippen LogP contribution in [0.2, 0.25) is 0 Å². The molecule has 1 atom stereocenters. The Morgan fingerprint density at radius 2 is 1.48 bits per heavy atom. The van der Waals surface area contributed by atoms with Crippen LogP contribution in [0.5, 0.6) is 5.75 Å². The molecule has 0 spiro atoms. The topological polar surface area (TPSA) is 52.6 Å². The van der Waals surface area contributed by atoms with Crippen LogP contribution >= 0.6 is 0 Å². The number of rotatable bonds is 10. The Labute approximate surface area is 183 Å². The zero-order valence-electron chi connectivity index (χ0n) is 17.6. The van der Waals surface area contributed by atoms with E-state index in [-0.39, 0.29) is 37.1 Å². The Kier molecular flexibility index (Phi) is 8.18. The molecular weight excluding hydrogens is 388 g/mol. The third-order valence-electron chi connectivity index (χ3n) is 4.98. The average Bonchev–Trinajstić information content (AvgIpc) is 2.82. The molecule has 3 aromatic rings. The van der Waals surface area contributed by atoms with Gasteiger partial charge in [-0.2, -0.15) is 0 Å². The maximum atomic E-state index is 12.8. The van der Waals surface area contributed by atoms with Gasteiger partial charge < -0.3 is 9.47 Å². The van der Waals surface area contributed by atoms with E-state index in [0.717, 1.165) is 11.1 Å². The molecule has 0 saturated heterocycles. The van der Waals surface area contributed by atoms with Gasteiger partial charge in [0.1, 0.15) is 12.4 Å². The fraction of sp³-hybridized carbons (Fsp3) is 0.185. The minimum atomic E-state index is -0.325. The van der Waals surface area contributed by atoms with Crippen molar-refractivity contribution in [2.75, 3.05) is 13.7 Å². The van der Waals surface area contributed by atoms with Crippen LogP contribution in [-0.4, -0.2) is 25.5 Å². The lowest BCUT2D eigenvalue weighted by Gasteiger charge is -2.16. The summed E-state index contributed by atoms with van der Waals surface area (Å²) in [4.78, 5) is 25.3. The van der Waals surface area contributed by atoms with Gasteiger partial charge in [-0.15, -0.1) is 0 Å². The lowest BCUT2D eigenvalue weighted by molar-refractivity contribution is -0.142. The Balaban J connectivity index is 1.61. The molecule has 0 radical (unpaired) electrons. The summed E-state index contributed by atoms with van der Waals surface area (Å²) in [5.41, 5.74) is 2.59. The van der Waals surface area contributed by atoms with E-state index in [9.17, 15) is 9.59 Å². The van der Waals surface area contributed by atoms with Gasteiger partial charge in [0.2, 0.25) is 0 Å². The predicted molar refractivity (Wildman–Crippen MR) is 122 cm³/mol. The van der Waals surface area contributed by atoms with Gasteiger partial charge in [-0.3, -0.25) is 9.59 Å². The highest BCUT2D eigenvalue weighted by molar-refractivity contribution is 5.97. The highest BCUT2D eigenvalue weighted by Crippen LogP contribution is 2.26. The van der Waals surface area contributed by atoms with Crippen molar-refractivity contribution in [3.8, 4) is 5.75 Å². The van der Waals surface area contributed by atoms with Crippen molar-refractivity contribution < 1.29 is 19.1 Å². The van der Waals surface area contributed by atoms with Crippen LogP contribution in [0.15, 0.2) is 91.0 Å². The molecule has 4 nitrogen and oxygen atoms in total. The molecule has 0 aliphatic carbocycles. The van der Waals surface area contributed by atoms with Gasteiger partial charge in [-0.05, 0) is 41.5 Å². The number of methoxy groups -OCH3 is 1. The van der Waals surface area contributed by atoms with Gasteiger partial charge in [0, 0.05) is 17.9 Å². The Morgan fingerprint density at radius 3 is 2.13 bits per heavy atom. The zero-order valence-corrected chi connectivity index (χ0v) is 17.6. The summed E-state index contributed by atoms with van der Waals surface area (Å²) in [5.74, 6) is 0.104. The number of ketones is 1. The van der Waals surface area contributed by atoms with Crippen LogP contribution in [0.3, 0.4) is 0 Å². The number of hydrogen-bond acceptors (Lipinski definition) is 4. The first-order valence-electron chi connectivity index (χ1n) is 10.2. The predicted octanol–water partition coefficient (Wildman–Crippen LogP) is 5.70. The molecule has 0 bridgehead atoms. The van der Waals surface area contributed by atoms with E-state index in [1.807, 2.05) is 72.8 Å². The van der Waals surface area contributed by atoms with Gasteiger partial charge in [0.25, 0.3) is 0 Å². The molecule has 1 unspecified atom stereocenters. The van der Waals surface area contributed by atoms with Crippen molar-refractivity contribution in [3.63, 3.8) is 0 Å². The number of hydrogen-bond donors (Lipinski definition) is 0. The minimum Gasteiger partial charge on any atom is -0.497 e.